The highest BCUT2D eigenvalue weighted by molar-refractivity contribution is 5.96. The number of nitrogens with one attached hydrogen (secondary N) is 1. The molecule has 0 saturated carbocycles. The molecule has 0 bridgehead atoms. The van der Waals surface area contributed by atoms with Gasteiger partial charge in [-0.15, -0.1) is 0 Å². The molecule has 2 aromatic rings. The molecule has 1 N–H and O–H groups in total. The van der Waals surface area contributed by atoms with E-state index < -0.39 is 0 Å². The molecule has 2 aliphatic heterocycles. The predicted molar refractivity (Wildman–Crippen MR) is 90.9 cm³/mol. The fourth-order valence-electron chi connectivity index (χ4n) is 3.60. The summed E-state index contributed by atoms with van der Waals surface area (Å²) < 4.78 is 11.6. The maximum Gasteiger partial charge on any atom is 0.241 e. The van der Waals surface area contributed by atoms with Crippen molar-refractivity contribution in [2.24, 2.45) is 0 Å². The van der Waals surface area contributed by atoms with Crippen LogP contribution in [0.1, 0.15) is 29.6 Å². The number of para-hydroxylation sites is 1. The molecular formula is C19H22N2O3. The summed E-state index contributed by atoms with van der Waals surface area (Å²) in [6, 6.07) is 11.8. The van der Waals surface area contributed by atoms with Crippen molar-refractivity contribution in [3.8, 4) is 0 Å². The number of morpholine rings is 1. The number of rotatable bonds is 2. The van der Waals surface area contributed by atoms with Gasteiger partial charge in [-0.05, 0) is 43.5 Å². The Bertz CT molecular complexity index is 740. The van der Waals surface area contributed by atoms with Gasteiger partial charge in [-0.25, -0.2) is 0 Å². The van der Waals surface area contributed by atoms with Crippen LogP contribution in [0.5, 0.6) is 0 Å². The van der Waals surface area contributed by atoms with Gasteiger partial charge >= 0.3 is 0 Å². The number of hydrogen-bond donors (Lipinski definition) is 1. The normalized spacial score (nSPS) is 25.0. The number of aryl methyl sites for hydroxylation is 2. The number of carbonyl (C=O) groups excluding carboxylic acids is 1. The maximum absolute atomic E-state index is 12.7. The number of benzene rings is 1. The van der Waals surface area contributed by atoms with Gasteiger partial charge in [0.15, 0.2) is 0 Å². The molecule has 1 amide bonds. The summed E-state index contributed by atoms with van der Waals surface area (Å²) in [6.07, 6.45) is 1.62. The largest absolute Gasteiger partial charge is 0.464 e. The molecule has 24 heavy (non-hydrogen) atoms. The van der Waals surface area contributed by atoms with Crippen molar-refractivity contribution < 1.29 is 13.9 Å². The lowest BCUT2D eigenvalue weighted by atomic mass is 10.0. The zero-order valence-electron chi connectivity index (χ0n) is 13.8. The minimum absolute atomic E-state index is 0.0798. The Hall–Kier alpha value is -2.11. The van der Waals surface area contributed by atoms with E-state index in [1.807, 2.05) is 37.3 Å². The minimum atomic E-state index is -0.125. The second kappa shape index (κ2) is 6.42. The first-order valence-electron chi connectivity index (χ1n) is 8.51. The maximum atomic E-state index is 12.7. The highest BCUT2D eigenvalue weighted by Crippen LogP contribution is 2.28. The quantitative estimate of drug-likeness (QED) is 0.922. The Kier molecular flexibility index (Phi) is 4.12. The summed E-state index contributed by atoms with van der Waals surface area (Å²) in [7, 11) is 0. The second-order valence-corrected chi connectivity index (χ2v) is 6.50. The van der Waals surface area contributed by atoms with E-state index in [1.165, 1.54) is 5.56 Å². The third-order valence-electron chi connectivity index (χ3n) is 4.88. The fourth-order valence-corrected chi connectivity index (χ4v) is 3.60. The molecule has 1 aromatic heterocycles. The molecule has 1 fully saturated rings. The molecule has 0 aliphatic carbocycles. The molecule has 126 valence electrons. The Morgan fingerprint density at radius 2 is 2.08 bits per heavy atom. The van der Waals surface area contributed by atoms with Crippen LogP contribution < -0.4 is 5.32 Å². The van der Waals surface area contributed by atoms with Crippen LogP contribution in [0.25, 0.3) is 0 Å². The van der Waals surface area contributed by atoms with Crippen molar-refractivity contribution in [1.29, 1.82) is 0 Å². The molecule has 4 rings (SSSR count). The molecule has 1 saturated heterocycles. The molecule has 5 heteroatoms. The fraction of sp³-hybridized carbons (Fsp3) is 0.421. The molecule has 5 nitrogen and oxygen atoms in total. The van der Waals surface area contributed by atoms with E-state index in [9.17, 15) is 4.79 Å². The molecule has 2 atom stereocenters. The van der Waals surface area contributed by atoms with Gasteiger partial charge < -0.3 is 14.5 Å². The summed E-state index contributed by atoms with van der Waals surface area (Å²) in [5.41, 5.74) is 2.15. The molecule has 1 aromatic carbocycles. The summed E-state index contributed by atoms with van der Waals surface area (Å²) in [4.78, 5) is 14.9. The van der Waals surface area contributed by atoms with Gasteiger partial charge in [0, 0.05) is 18.8 Å². The number of furan rings is 1. The minimum Gasteiger partial charge on any atom is -0.464 e. The Balaban J connectivity index is 1.50. The van der Waals surface area contributed by atoms with Crippen molar-refractivity contribution >= 4 is 11.6 Å². The van der Waals surface area contributed by atoms with Gasteiger partial charge in [0.25, 0.3) is 0 Å². The first kappa shape index (κ1) is 15.4. The summed E-state index contributed by atoms with van der Waals surface area (Å²) >= 11 is 0. The summed E-state index contributed by atoms with van der Waals surface area (Å²) in [5, 5.41) is 3.08. The van der Waals surface area contributed by atoms with E-state index in [4.69, 9.17) is 9.15 Å². The summed E-state index contributed by atoms with van der Waals surface area (Å²) in [5.74, 6) is 1.80. The standard InChI is InChI=1S/C19H22N2O3/c1-13-6-9-17(24-13)18-12-21(10-11-23-18)16-8-7-14-4-2-3-5-15(14)20-19(16)22/h2-6,9,16,18H,7-8,10-12H2,1H3,(H,20,22)/t16-,18+/m1/s1. The molecule has 0 unspecified atom stereocenters. The van der Waals surface area contributed by atoms with Crippen LogP contribution >= 0.6 is 0 Å². The lowest BCUT2D eigenvalue weighted by molar-refractivity contribution is -0.125. The van der Waals surface area contributed by atoms with Gasteiger partial charge in [-0.3, -0.25) is 9.69 Å². The van der Waals surface area contributed by atoms with Gasteiger partial charge in [0.1, 0.15) is 17.6 Å². The highest BCUT2D eigenvalue weighted by atomic mass is 16.5. The second-order valence-electron chi connectivity index (χ2n) is 6.50. The van der Waals surface area contributed by atoms with Crippen LogP contribution in [-0.4, -0.2) is 36.5 Å². The number of amides is 1. The van der Waals surface area contributed by atoms with E-state index in [1.54, 1.807) is 0 Å². The van der Waals surface area contributed by atoms with E-state index in [-0.39, 0.29) is 18.1 Å². The third-order valence-corrected chi connectivity index (χ3v) is 4.88. The van der Waals surface area contributed by atoms with Crippen molar-refractivity contribution in [2.45, 2.75) is 31.9 Å². The highest BCUT2D eigenvalue weighted by Gasteiger charge is 2.34. The molecule has 2 aliphatic rings. The number of nitrogens with zero attached hydrogens (tertiary/aromatic N) is 1. The number of hydrogen-bond acceptors (Lipinski definition) is 4. The molecule has 0 radical (unpaired) electrons. The van der Waals surface area contributed by atoms with Crippen LogP contribution in [0.15, 0.2) is 40.8 Å². The average molecular weight is 326 g/mol. The molecule has 3 heterocycles. The van der Waals surface area contributed by atoms with Crippen LogP contribution in [0.4, 0.5) is 5.69 Å². The van der Waals surface area contributed by atoms with Gasteiger partial charge in [0.05, 0.1) is 12.6 Å². The molecule has 0 spiro atoms. The third kappa shape index (κ3) is 2.97. The van der Waals surface area contributed by atoms with Gasteiger partial charge in [-0.1, -0.05) is 18.2 Å². The Labute approximate surface area is 141 Å². The predicted octanol–water partition coefficient (Wildman–Crippen LogP) is 2.91. The Morgan fingerprint density at radius 1 is 1.21 bits per heavy atom. The van der Waals surface area contributed by atoms with E-state index in [0.717, 1.165) is 36.6 Å². The van der Waals surface area contributed by atoms with Crippen LogP contribution in [0.3, 0.4) is 0 Å². The topological polar surface area (TPSA) is 54.7 Å². The zero-order chi connectivity index (χ0) is 16.5. The smallest absolute Gasteiger partial charge is 0.241 e. The average Bonchev–Trinajstić information content (AvgIpc) is 2.95. The number of ether oxygens (including phenoxy) is 1. The van der Waals surface area contributed by atoms with Gasteiger partial charge in [-0.2, -0.15) is 0 Å². The van der Waals surface area contributed by atoms with Gasteiger partial charge in [0.2, 0.25) is 5.91 Å². The number of anilines is 1. The van der Waals surface area contributed by atoms with Crippen LogP contribution in [0, 0.1) is 6.92 Å². The zero-order valence-corrected chi connectivity index (χ0v) is 13.8. The van der Waals surface area contributed by atoms with Crippen molar-refractivity contribution in [2.75, 3.05) is 25.0 Å². The first-order chi connectivity index (χ1) is 11.7. The van der Waals surface area contributed by atoms with E-state index >= 15 is 0 Å². The van der Waals surface area contributed by atoms with Crippen LogP contribution in [-0.2, 0) is 16.0 Å². The number of fused-ring (bicyclic) bond motifs is 1. The number of carbonyl (C=O) groups is 1. The lowest BCUT2D eigenvalue weighted by Crippen LogP contribution is -2.49. The molecular weight excluding hydrogens is 304 g/mol. The van der Waals surface area contributed by atoms with E-state index in [2.05, 4.69) is 16.3 Å². The summed E-state index contributed by atoms with van der Waals surface area (Å²) in [6.45, 7) is 3.99. The van der Waals surface area contributed by atoms with Crippen molar-refractivity contribution in [3.05, 3.63) is 53.5 Å². The Morgan fingerprint density at radius 3 is 2.92 bits per heavy atom. The monoisotopic (exact) mass is 326 g/mol. The first-order valence-corrected chi connectivity index (χ1v) is 8.51. The van der Waals surface area contributed by atoms with Crippen molar-refractivity contribution in [3.63, 3.8) is 0 Å². The lowest BCUT2D eigenvalue weighted by Gasteiger charge is -2.36. The van der Waals surface area contributed by atoms with E-state index in [0.29, 0.717) is 13.2 Å². The van der Waals surface area contributed by atoms with Crippen molar-refractivity contribution in [1.82, 2.24) is 4.90 Å². The SMILES string of the molecule is Cc1ccc([C@@H]2CN([C@@H]3CCc4ccccc4NC3=O)CCO2)o1. The van der Waals surface area contributed by atoms with Crippen LogP contribution in [0.2, 0.25) is 0 Å².